The van der Waals surface area contributed by atoms with E-state index in [1.54, 1.807) is 24.3 Å². The number of carboxylic acid groups (broad SMARTS) is 2. The fraction of sp³-hybridized carbons (Fsp3) is 0.360. The summed E-state index contributed by atoms with van der Waals surface area (Å²) in [6, 6.07) is 12.8. The van der Waals surface area contributed by atoms with Crippen LogP contribution in [0, 0.1) is 13.8 Å². The number of nitrogens with zero attached hydrogens (tertiary/aromatic N) is 3. The zero-order valence-electron chi connectivity index (χ0n) is 18.7. The molecule has 0 radical (unpaired) electrons. The Labute approximate surface area is 197 Å². The van der Waals surface area contributed by atoms with Crippen LogP contribution in [0.15, 0.2) is 52.4 Å². The second-order valence-corrected chi connectivity index (χ2v) is 9.47. The summed E-state index contributed by atoms with van der Waals surface area (Å²) in [5.74, 6) is -1.31. The maximum Gasteiger partial charge on any atom is 0.335 e. The quantitative estimate of drug-likeness (QED) is 0.610. The standard InChI is InChI=1S/C25H27N3O4S/c1-16-7-6-8-17(2)21(16)26-23-25(13-4-3-5-14-25)28(24(27-23)33-15-20(29)30)19-11-9-18(10-12-19)22(31)32/h6-12H,3-5,13-15H2,1-2H3,(H,29,30)(H,31,32). The lowest BCUT2D eigenvalue weighted by atomic mass is 9.79. The first-order valence-corrected chi connectivity index (χ1v) is 12.0. The molecule has 0 amide bonds. The van der Waals surface area contributed by atoms with Gasteiger partial charge in [0.05, 0.1) is 17.0 Å². The van der Waals surface area contributed by atoms with E-state index in [-0.39, 0.29) is 11.3 Å². The Morgan fingerprint density at radius 3 is 2.24 bits per heavy atom. The molecule has 1 aliphatic heterocycles. The van der Waals surface area contributed by atoms with Crippen molar-refractivity contribution in [2.24, 2.45) is 9.98 Å². The summed E-state index contributed by atoms with van der Waals surface area (Å²) >= 11 is 1.18. The van der Waals surface area contributed by atoms with Gasteiger partial charge in [-0.25, -0.2) is 14.8 Å². The summed E-state index contributed by atoms with van der Waals surface area (Å²) in [6.07, 6.45) is 4.85. The van der Waals surface area contributed by atoms with Crippen molar-refractivity contribution in [2.75, 3.05) is 10.7 Å². The van der Waals surface area contributed by atoms with E-state index in [9.17, 15) is 19.8 Å². The SMILES string of the molecule is Cc1cccc(C)c1N=C1N=C(SCC(=O)O)N(c2ccc(C(=O)O)cc2)C12CCCCC2. The van der Waals surface area contributed by atoms with Crippen molar-refractivity contribution < 1.29 is 19.8 Å². The van der Waals surface area contributed by atoms with Crippen LogP contribution in [-0.4, -0.2) is 44.4 Å². The molecule has 172 valence electrons. The van der Waals surface area contributed by atoms with Gasteiger partial charge in [0.15, 0.2) is 11.0 Å². The number of thioether (sulfide) groups is 1. The van der Waals surface area contributed by atoms with Crippen LogP contribution >= 0.6 is 11.8 Å². The lowest BCUT2D eigenvalue weighted by Crippen LogP contribution is -2.52. The molecule has 0 unspecified atom stereocenters. The monoisotopic (exact) mass is 465 g/mol. The van der Waals surface area contributed by atoms with E-state index in [1.165, 1.54) is 11.8 Å². The maximum absolute atomic E-state index is 11.4. The smallest absolute Gasteiger partial charge is 0.335 e. The summed E-state index contributed by atoms with van der Waals surface area (Å²) in [5.41, 5.74) is 3.53. The molecular formula is C25H27N3O4S. The molecule has 7 nitrogen and oxygen atoms in total. The van der Waals surface area contributed by atoms with Crippen molar-refractivity contribution in [3.8, 4) is 0 Å². The molecular weight excluding hydrogens is 438 g/mol. The molecule has 2 aromatic rings. The molecule has 1 spiro atoms. The van der Waals surface area contributed by atoms with Crippen LogP contribution in [-0.2, 0) is 4.79 Å². The third-order valence-electron chi connectivity index (χ3n) is 6.27. The third-order valence-corrected chi connectivity index (χ3v) is 7.20. The lowest BCUT2D eigenvalue weighted by Gasteiger charge is -2.42. The summed E-state index contributed by atoms with van der Waals surface area (Å²) in [6.45, 7) is 4.06. The molecule has 33 heavy (non-hydrogen) atoms. The first-order valence-electron chi connectivity index (χ1n) is 11.0. The Bertz CT molecular complexity index is 1110. The fourth-order valence-corrected chi connectivity index (χ4v) is 5.48. The highest BCUT2D eigenvalue weighted by atomic mass is 32.2. The molecule has 8 heteroatoms. The van der Waals surface area contributed by atoms with Crippen LogP contribution in [0.4, 0.5) is 11.4 Å². The van der Waals surface area contributed by atoms with Gasteiger partial charge in [-0.05, 0) is 62.1 Å². The van der Waals surface area contributed by atoms with Gasteiger partial charge in [0.25, 0.3) is 0 Å². The van der Waals surface area contributed by atoms with Gasteiger partial charge in [0.1, 0.15) is 5.54 Å². The van der Waals surface area contributed by atoms with E-state index >= 15 is 0 Å². The average Bonchev–Trinajstić information content (AvgIpc) is 3.07. The van der Waals surface area contributed by atoms with Crippen LogP contribution < -0.4 is 4.90 Å². The van der Waals surface area contributed by atoms with E-state index in [0.717, 1.165) is 54.6 Å². The molecule has 2 aromatic carbocycles. The molecule has 2 aliphatic rings. The van der Waals surface area contributed by atoms with Crippen molar-refractivity contribution in [1.82, 2.24) is 0 Å². The highest BCUT2D eigenvalue weighted by Gasteiger charge is 2.50. The van der Waals surface area contributed by atoms with Crippen molar-refractivity contribution in [2.45, 2.75) is 51.5 Å². The van der Waals surface area contributed by atoms with Crippen LogP contribution in [0.1, 0.15) is 53.6 Å². The minimum Gasteiger partial charge on any atom is -0.481 e. The maximum atomic E-state index is 11.4. The zero-order chi connectivity index (χ0) is 23.6. The Kier molecular flexibility index (Phi) is 6.56. The van der Waals surface area contributed by atoms with Gasteiger partial charge in [-0.2, -0.15) is 0 Å². The molecule has 0 saturated heterocycles. The number of aliphatic imine (C=N–C) groups is 2. The van der Waals surface area contributed by atoms with Gasteiger partial charge >= 0.3 is 11.9 Å². The minimum atomic E-state index is -0.984. The second-order valence-electron chi connectivity index (χ2n) is 8.53. The van der Waals surface area contributed by atoms with Gasteiger partial charge < -0.3 is 15.1 Å². The van der Waals surface area contributed by atoms with Gasteiger partial charge in [0, 0.05) is 5.69 Å². The fourth-order valence-electron chi connectivity index (χ4n) is 4.66. The normalized spacial score (nSPS) is 18.5. The van der Waals surface area contributed by atoms with Crippen LogP contribution in [0.5, 0.6) is 0 Å². The molecule has 0 atom stereocenters. The molecule has 2 N–H and O–H groups in total. The third kappa shape index (κ3) is 4.53. The lowest BCUT2D eigenvalue weighted by molar-refractivity contribution is -0.133. The van der Waals surface area contributed by atoms with Crippen molar-refractivity contribution in [3.63, 3.8) is 0 Å². The van der Waals surface area contributed by atoms with Crippen LogP contribution in [0.25, 0.3) is 0 Å². The number of carboxylic acids is 2. The number of aliphatic carboxylic acids is 1. The largest absolute Gasteiger partial charge is 0.481 e. The predicted molar refractivity (Wildman–Crippen MR) is 132 cm³/mol. The Balaban J connectivity index is 1.86. The van der Waals surface area contributed by atoms with Gasteiger partial charge in [-0.1, -0.05) is 49.2 Å². The number of hydrogen-bond acceptors (Lipinski definition) is 5. The van der Waals surface area contributed by atoms with Crippen molar-refractivity contribution in [3.05, 3.63) is 59.2 Å². The first-order chi connectivity index (χ1) is 15.8. The first kappa shape index (κ1) is 23.0. The number of amidine groups is 2. The zero-order valence-corrected chi connectivity index (χ0v) is 19.6. The number of aryl methyl sites for hydroxylation is 2. The topological polar surface area (TPSA) is 103 Å². The Morgan fingerprint density at radius 2 is 1.67 bits per heavy atom. The second kappa shape index (κ2) is 9.39. The summed E-state index contributed by atoms with van der Waals surface area (Å²) in [5, 5.41) is 19.2. The molecule has 0 bridgehead atoms. The number of carbonyl (C=O) groups is 2. The molecule has 1 aliphatic carbocycles. The minimum absolute atomic E-state index is 0.116. The van der Waals surface area contributed by atoms with E-state index in [0.29, 0.717) is 11.0 Å². The molecule has 1 saturated carbocycles. The van der Waals surface area contributed by atoms with Crippen molar-refractivity contribution in [1.29, 1.82) is 0 Å². The van der Waals surface area contributed by atoms with Gasteiger partial charge in [0.2, 0.25) is 0 Å². The highest BCUT2D eigenvalue weighted by Crippen LogP contribution is 2.45. The van der Waals surface area contributed by atoms with E-state index in [2.05, 4.69) is 4.90 Å². The average molecular weight is 466 g/mol. The van der Waals surface area contributed by atoms with E-state index in [1.807, 2.05) is 32.0 Å². The summed E-state index contributed by atoms with van der Waals surface area (Å²) < 4.78 is 0. The Morgan fingerprint density at radius 1 is 1.03 bits per heavy atom. The van der Waals surface area contributed by atoms with Gasteiger partial charge in [-0.15, -0.1) is 0 Å². The predicted octanol–water partition coefficient (Wildman–Crippen LogP) is 5.43. The number of aromatic carboxylic acids is 1. The number of benzene rings is 2. The molecule has 4 rings (SSSR count). The summed E-state index contributed by atoms with van der Waals surface area (Å²) in [4.78, 5) is 34.8. The number of anilines is 1. The molecule has 0 aromatic heterocycles. The van der Waals surface area contributed by atoms with Crippen LogP contribution in [0.2, 0.25) is 0 Å². The number of para-hydroxylation sites is 1. The molecule has 1 heterocycles. The van der Waals surface area contributed by atoms with Crippen molar-refractivity contribution >= 4 is 46.1 Å². The van der Waals surface area contributed by atoms with Crippen LogP contribution in [0.3, 0.4) is 0 Å². The summed E-state index contributed by atoms with van der Waals surface area (Å²) in [7, 11) is 0. The van der Waals surface area contributed by atoms with E-state index in [4.69, 9.17) is 9.98 Å². The number of rotatable bonds is 5. The highest BCUT2D eigenvalue weighted by molar-refractivity contribution is 8.14. The molecule has 1 fully saturated rings. The van der Waals surface area contributed by atoms with E-state index < -0.39 is 17.5 Å². The number of hydrogen-bond donors (Lipinski definition) is 2. The van der Waals surface area contributed by atoms with Gasteiger partial charge in [-0.3, -0.25) is 4.79 Å². The Hall–Kier alpha value is -3.13.